The second-order valence-corrected chi connectivity index (χ2v) is 6.35. The van der Waals surface area contributed by atoms with Crippen molar-refractivity contribution < 1.29 is 17.9 Å². The standard InChI is InChI=1S/C18H28F3N5O.HI/c1-4-22-17(24-13-15-6-7-23-16(12-15)27-5-2)26-10-8-25(9-11-26)14(3)18(19,20)21;/h6-7,12,14H,4-5,8-11,13H2,1-3H3,(H,22,24);1H. The van der Waals surface area contributed by atoms with Gasteiger partial charge in [-0.25, -0.2) is 9.98 Å². The number of hydrogen-bond donors (Lipinski definition) is 1. The van der Waals surface area contributed by atoms with Crippen molar-refractivity contribution in [1.29, 1.82) is 0 Å². The van der Waals surface area contributed by atoms with Crippen LogP contribution in [-0.4, -0.2) is 72.3 Å². The van der Waals surface area contributed by atoms with Gasteiger partial charge in [0.15, 0.2) is 5.96 Å². The molecule has 2 rings (SSSR count). The third kappa shape index (κ3) is 7.26. The highest BCUT2D eigenvalue weighted by atomic mass is 127. The van der Waals surface area contributed by atoms with Crippen molar-refractivity contribution in [2.45, 2.75) is 39.5 Å². The molecule has 2 heterocycles. The maximum atomic E-state index is 12.9. The summed E-state index contributed by atoms with van der Waals surface area (Å²) in [6.45, 7) is 8.50. The van der Waals surface area contributed by atoms with Gasteiger partial charge in [-0.1, -0.05) is 0 Å². The van der Waals surface area contributed by atoms with Gasteiger partial charge >= 0.3 is 6.18 Å². The topological polar surface area (TPSA) is 53.0 Å². The molecule has 1 fully saturated rings. The van der Waals surface area contributed by atoms with Crippen LogP contribution in [0, 0.1) is 0 Å². The maximum Gasteiger partial charge on any atom is 0.403 e. The number of nitrogens with one attached hydrogen (secondary N) is 1. The fourth-order valence-corrected chi connectivity index (χ4v) is 2.90. The van der Waals surface area contributed by atoms with Crippen LogP contribution in [0.5, 0.6) is 5.88 Å². The number of aromatic nitrogens is 1. The molecule has 6 nitrogen and oxygen atoms in total. The van der Waals surface area contributed by atoms with Crippen LogP contribution < -0.4 is 10.1 Å². The van der Waals surface area contributed by atoms with Gasteiger partial charge in [0, 0.05) is 45.0 Å². The van der Waals surface area contributed by atoms with Crippen LogP contribution >= 0.6 is 24.0 Å². The smallest absolute Gasteiger partial charge is 0.403 e. The zero-order valence-electron chi connectivity index (χ0n) is 16.5. The first-order valence-electron chi connectivity index (χ1n) is 9.26. The minimum atomic E-state index is -4.19. The molecule has 0 spiro atoms. The van der Waals surface area contributed by atoms with E-state index in [4.69, 9.17) is 4.74 Å². The highest BCUT2D eigenvalue weighted by Crippen LogP contribution is 2.25. The number of guanidine groups is 1. The first-order chi connectivity index (χ1) is 12.8. The fraction of sp³-hybridized carbons (Fsp3) is 0.667. The monoisotopic (exact) mass is 515 g/mol. The quantitative estimate of drug-likeness (QED) is 0.359. The van der Waals surface area contributed by atoms with Crippen LogP contribution in [0.25, 0.3) is 0 Å². The predicted molar refractivity (Wildman–Crippen MR) is 114 cm³/mol. The Bertz CT molecular complexity index is 621. The average Bonchev–Trinajstić information content (AvgIpc) is 2.64. The molecule has 1 saturated heterocycles. The third-order valence-corrected chi connectivity index (χ3v) is 4.47. The zero-order chi connectivity index (χ0) is 19.9. The van der Waals surface area contributed by atoms with Crippen LogP contribution in [0.15, 0.2) is 23.3 Å². The van der Waals surface area contributed by atoms with Gasteiger partial charge in [0.25, 0.3) is 0 Å². The van der Waals surface area contributed by atoms with Gasteiger partial charge in [0.05, 0.1) is 13.2 Å². The second-order valence-electron chi connectivity index (χ2n) is 6.35. The first-order valence-corrected chi connectivity index (χ1v) is 9.26. The summed E-state index contributed by atoms with van der Waals surface area (Å²) in [5, 5.41) is 3.22. The first kappa shape index (κ1) is 24.7. The predicted octanol–water partition coefficient (Wildman–Crippen LogP) is 3.13. The molecule has 10 heteroatoms. The van der Waals surface area contributed by atoms with E-state index in [0.717, 1.165) is 5.56 Å². The number of alkyl halides is 3. The molecule has 0 radical (unpaired) electrons. The van der Waals surface area contributed by atoms with Gasteiger partial charge in [-0.05, 0) is 32.4 Å². The highest BCUT2D eigenvalue weighted by molar-refractivity contribution is 14.0. The van der Waals surface area contributed by atoms with E-state index in [1.165, 1.54) is 11.8 Å². The number of ether oxygens (including phenoxy) is 1. The average molecular weight is 515 g/mol. The molecular formula is C18H29F3IN5O. The Balaban J connectivity index is 0.00000392. The number of halogens is 4. The molecule has 160 valence electrons. The molecule has 0 amide bonds. The van der Waals surface area contributed by atoms with Crippen molar-refractivity contribution in [2.75, 3.05) is 39.3 Å². The zero-order valence-corrected chi connectivity index (χ0v) is 18.8. The summed E-state index contributed by atoms with van der Waals surface area (Å²) in [7, 11) is 0. The molecular weight excluding hydrogens is 486 g/mol. The molecule has 1 aromatic heterocycles. The Hall–Kier alpha value is -1.30. The largest absolute Gasteiger partial charge is 0.478 e. The lowest BCUT2D eigenvalue weighted by Crippen LogP contribution is -2.56. The summed E-state index contributed by atoms with van der Waals surface area (Å²) in [5.41, 5.74) is 0.966. The van der Waals surface area contributed by atoms with Crippen LogP contribution in [-0.2, 0) is 6.54 Å². The second kappa shape index (κ2) is 11.6. The molecule has 1 aliphatic rings. The normalized spacial score (nSPS) is 17.1. The molecule has 0 saturated carbocycles. The lowest BCUT2D eigenvalue weighted by molar-refractivity contribution is -0.181. The summed E-state index contributed by atoms with van der Waals surface area (Å²) >= 11 is 0. The summed E-state index contributed by atoms with van der Waals surface area (Å²) < 4.78 is 44.1. The molecule has 0 bridgehead atoms. The minimum absolute atomic E-state index is 0. The van der Waals surface area contributed by atoms with Crippen molar-refractivity contribution in [3.05, 3.63) is 23.9 Å². The Kier molecular flexibility index (Phi) is 10.3. The third-order valence-electron chi connectivity index (χ3n) is 4.47. The molecule has 1 atom stereocenters. The Morgan fingerprint density at radius 2 is 1.96 bits per heavy atom. The Morgan fingerprint density at radius 3 is 2.54 bits per heavy atom. The lowest BCUT2D eigenvalue weighted by atomic mass is 10.2. The Morgan fingerprint density at radius 1 is 1.29 bits per heavy atom. The van der Waals surface area contributed by atoms with E-state index < -0.39 is 12.2 Å². The van der Waals surface area contributed by atoms with Gasteiger partial charge in [-0.2, -0.15) is 13.2 Å². The van der Waals surface area contributed by atoms with Gasteiger partial charge in [0.1, 0.15) is 6.04 Å². The number of hydrogen-bond acceptors (Lipinski definition) is 4. The SMILES string of the molecule is CCNC(=NCc1ccnc(OCC)c1)N1CCN(C(C)C(F)(F)F)CC1.I. The number of pyridine rings is 1. The number of rotatable bonds is 6. The van der Waals surface area contributed by atoms with E-state index in [1.807, 2.05) is 30.9 Å². The summed E-state index contributed by atoms with van der Waals surface area (Å²) in [4.78, 5) is 12.2. The van der Waals surface area contributed by atoms with E-state index in [0.29, 0.717) is 57.7 Å². The van der Waals surface area contributed by atoms with Crippen molar-refractivity contribution >= 4 is 29.9 Å². The number of piperazine rings is 1. The lowest BCUT2D eigenvalue weighted by Gasteiger charge is -2.39. The van der Waals surface area contributed by atoms with Crippen molar-refractivity contribution in [3.63, 3.8) is 0 Å². The highest BCUT2D eigenvalue weighted by Gasteiger charge is 2.41. The van der Waals surface area contributed by atoms with E-state index in [1.54, 1.807) is 6.20 Å². The maximum absolute atomic E-state index is 12.9. The van der Waals surface area contributed by atoms with E-state index in [-0.39, 0.29) is 24.0 Å². The Labute approximate surface area is 181 Å². The fourth-order valence-electron chi connectivity index (χ4n) is 2.90. The number of aliphatic imine (C=N–C) groups is 1. The van der Waals surface area contributed by atoms with E-state index in [9.17, 15) is 13.2 Å². The molecule has 1 N–H and O–H groups in total. The van der Waals surface area contributed by atoms with Gasteiger partial charge < -0.3 is 15.0 Å². The van der Waals surface area contributed by atoms with Crippen LogP contribution in [0.4, 0.5) is 13.2 Å². The summed E-state index contributed by atoms with van der Waals surface area (Å²) in [6, 6.07) is 2.30. The van der Waals surface area contributed by atoms with Crippen molar-refractivity contribution in [1.82, 2.24) is 20.1 Å². The summed E-state index contributed by atoms with van der Waals surface area (Å²) in [6.07, 6.45) is -2.51. The van der Waals surface area contributed by atoms with Gasteiger partial charge in [0.2, 0.25) is 5.88 Å². The van der Waals surface area contributed by atoms with Crippen LogP contribution in [0.3, 0.4) is 0 Å². The molecule has 0 aliphatic carbocycles. The minimum Gasteiger partial charge on any atom is -0.478 e. The van der Waals surface area contributed by atoms with E-state index >= 15 is 0 Å². The van der Waals surface area contributed by atoms with Gasteiger partial charge in [-0.15, -0.1) is 24.0 Å². The molecule has 28 heavy (non-hydrogen) atoms. The van der Waals surface area contributed by atoms with Crippen molar-refractivity contribution in [2.24, 2.45) is 4.99 Å². The molecule has 1 aromatic rings. The van der Waals surface area contributed by atoms with Crippen molar-refractivity contribution in [3.8, 4) is 5.88 Å². The van der Waals surface area contributed by atoms with Gasteiger partial charge in [-0.3, -0.25) is 4.90 Å². The van der Waals surface area contributed by atoms with Crippen LogP contribution in [0.1, 0.15) is 26.3 Å². The van der Waals surface area contributed by atoms with Crippen LogP contribution in [0.2, 0.25) is 0 Å². The van der Waals surface area contributed by atoms with E-state index in [2.05, 4.69) is 15.3 Å². The molecule has 1 unspecified atom stereocenters. The molecule has 0 aromatic carbocycles. The molecule has 1 aliphatic heterocycles. The summed E-state index contributed by atoms with van der Waals surface area (Å²) in [5.74, 6) is 1.27. The number of nitrogens with zero attached hydrogens (tertiary/aromatic N) is 4.